The van der Waals surface area contributed by atoms with Crippen LogP contribution in [-0.2, 0) is 33.3 Å². The van der Waals surface area contributed by atoms with Gasteiger partial charge in [-0.15, -0.1) is 0 Å². The minimum absolute atomic E-state index is 0.0420. The number of aryl methyl sites for hydroxylation is 6. The average molecular weight is 898 g/mol. The molecule has 6 rings (SSSR count). The molecule has 0 spiro atoms. The molecule has 0 aliphatic carbocycles. The summed E-state index contributed by atoms with van der Waals surface area (Å²) >= 11 is 3.55. The van der Waals surface area contributed by atoms with Crippen LogP contribution in [0.2, 0.25) is 0 Å². The van der Waals surface area contributed by atoms with Gasteiger partial charge in [0.2, 0.25) is 11.8 Å². The van der Waals surface area contributed by atoms with Gasteiger partial charge in [-0.3, -0.25) is 19.6 Å². The van der Waals surface area contributed by atoms with Crippen molar-refractivity contribution in [1.82, 2.24) is 9.97 Å². The van der Waals surface area contributed by atoms with Crippen molar-refractivity contribution in [2.45, 2.75) is 106 Å². The van der Waals surface area contributed by atoms with Crippen LogP contribution in [0.3, 0.4) is 0 Å². The zero-order valence-electron chi connectivity index (χ0n) is 37.9. The number of anilines is 2. The van der Waals surface area contributed by atoms with Gasteiger partial charge in [-0.25, -0.2) is 0 Å². The first kappa shape index (κ1) is 49.2. The second-order valence-electron chi connectivity index (χ2n) is 17.8. The average Bonchev–Trinajstić information content (AvgIpc) is 3.22. The molecule has 0 radical (unpaired) electrons. The van der Waals surface area contributed by atoms with E-state index in [2.05, 4.69) is 140 Å². The molecule has 0 atom stereocenters. The topological polar surface area (TPSA) is 124 Å². The second kappa shape index (κ2) is 22.6. The van der Waals surface area contributed by atoms with E-state index in [1.54, 1.807) is 24.5 Å². The summed E-state index contributed by atoms with van der Waals surface area (Å²) in [6.07, 6.45) is 9.08. The number of hydrogen-bond acceptors (Lipinski definition) is 6. The summed E-state index contributed by atoms with van der Waals surface area (Å²) in [5.41, 5.74) is 14.4. The molecule has 0 unspecified atom stereocenters. The highest BCUT2D eigenvalue weighted by atomic mass is 79.9. The fraction of sp³-hybridized carbons (Fsp3) is 0.308. The first-order valence-electron chi connectivity index (χ1n) is 21.0. The van der Waals surface area contributed by atoms with Crippen molar-refractivity contribution >= 4 is 51.7 Å². The molecule has 2 heterocycles. The minimum atomic E-state index is -1.38. The molecular weight excluding hydrogens is 835 g/mol. The number of benzene rings is 4. The molecule has 0 bridgehead atoms. The number of nitrogens with one attached hydrogen (secondary N) is 2. The molecule has 4 N–H and O–H groups in total. The third-order valence-corrected chi connectivity index (χ3v) is 11.7. The van der Waals surface area contributed by atoms with Gasteiger partial charge < -0.3 is 20.7 Å². The first-order valence-corrected chi connectivity index (χ1v) is 21.8. The highest BCUT2D eigenvalue weighted by molar-refractivity contribution is 9.10. The van der Waals surface area contributed by atoms with Crippen molar-refractivity contribution in [2.75, 3.05) is 10.6 Å². The van der Waals surface area contributed by atoms with Gasteiger partial charge in [0.15, 0.2) is 0 Å². The number of nitrogens with zero attached hydrogens (tertiary/aromatic N) is 2. The van der Waals surface area contributed by atoms with Gasteiger partial charge in [0.1, 0.15) is 0 Å². The molecule has 4 aromatic carbocycles. The van der Waals surface area contributed by atoms with Crippen LogP contribution in [0.25, 0.3) is 11.1 Å². The van der Waals surface area contributed by atoms with Crippen molar-refractivity contribution in [3.63, 3.8) is 0 Å². The van der Waals surface area contributed by atoms with Gasteiger partial charge in [0.05, 0.1) is 0 Å². The number of carbonyl (C=O) groups is 2. The number of halogens is 1. The van der Waals surface area contributed by atoms with E-state index in [9.17, 15) is 9.59 Å². The summed E-state index contributed by atoms with van der Waals surface area (Å²) in [7, 11) is -1.38. The van der Waals surface area contributed by atoms with Crippen LogP contribution >= 0.6 is 15.9 Å². The molecule has 0 saturated heterocycles. The zero-order chi connectivity index (χ0) is 45.6. The summed E-state index contributed by atoms with van der Waals surface area (Å²) in [4.78, 5) is 32.5. The lowest BCUT2D eigenvalue weighted by Crippen LogP contribution is -2.29. The SMILES string of the molecule is Cc1cc(NC(=O)CCc2ccc(C(C)(C)C)cc2)cc(C)c1-c1ccncc1.Cc1cc(NC(=O)CCc2ccc(C(C)(C)C)cc2)cc(C)c1Br.OB(O)c1ccncc1. The van der Waals surface area contributed by atoms with Crippen LogP contribution in [0.15, 0.2) is 126 Å². The molecular formula is C52H62BBrN4O4. The summed E-state index contributed by atoms with van der Waals surface area (Å²) in [6.45, 7) is 21.5. The second-order valence-corrected chi connectivity index (χ2v) is 18.6. The predicted molar refractivity (Wildman–Crippen MR) is 261 cm³/mol. The van der Waals surface area contributed by atoms with Gasteiger partial charge in [-0.05, 0) is 161 Å². The summed E-state index contributed by atoms with van der Waals surface area (Å²) < 4.78 is 1.10. The van der Waals surface area contributed by atoms with E-state index in [1.165, 1.54) is 40.2 Å². The molecule has 0 fully saturated rings. The highest BCUT2D eigenvalue weighted by Gasteiger charge is 2.15. The third-order valence-electron chi connectivity index (χ3n) is 10.4. The number of rotatable bonds is 10. The Morgan fingerprint density at radius 2 is 0.919 bits per heavy atom. The molecule has 2 amide bonds. The minimum Gasteiger partial charge on any atom is -0.423 e. The van der Waals surface area contributed by atoms with Gasteiger partial charge in [0.25, 0.3) is 0 Å². The Balaban J connectivity index is 0.000000230. The van der Waals surface area contributed by atoms with E-state index in [1.807, 2.05) is 50.2 Å². The number of carbonyl (C=O) groups excluding carboxylic acids is 2. The first-order chi connectivity index (χ1) is 29.2. The van der Waals surface area contributed by atoms with Crippen molar-refractivity contribution in [2.24, 2.45) is 0 Å². The summed E-state index contributed by atoms with van der Waals surface area (Å²) in [5, 5.41) is 23.2. The number of aromatic nitrogens is 2. The largest absolute Gasteiger partial charge is 0.488 e. The van der Waals surface area contributed by atoms with E-state index in [4.69, 9.17) is 10.0 Å². The molecule has 6 aromatic rings. The van der Waals surface area contributed by atoms with Gasteiger partial charge in [-0.2, -0.15) is 0 Å². The molecule has 0 aliphatic rings. The maximum absolute atomic E-state index is 12.5. The van der Waals surface area contributed by atoms with Crippen LogP contribution in [0.5, 0.6) is 0 Å². The molecule has 0 saturated carbocycles. The smallest absolute Gasteiger partial charge is 0.423 e. The van der Waals surface area contributed by atoms with Crippen LogP contribution in [-0.4, -0.2) is 38.9 Å². The number of pyridine rings is 2. The maximum atomic E-state index is 12.5. The van der Waals surface area contributed by atoms with Crippen LogP contribution in [0, 0.1) is 27.7 Å². The Bertz CT molecular complexity index is 2330. The quantitative estimate of drug-likeness (QED) is 0.102. The highest BCUT2D eigenvalue weighted by Crippen LogP contribution is 2.30. The van der Waals surface area contributed by atoms with Crippen LogP contribution in [0.4, 0.5) is 11.4 Å². The lowest BCUT2D eigenvalue weighted by molar-refractivity contribution is -0.117. The van der Waals surface area contributed by atoms with E-state index >= 15 is 0 Å². The van der Waals surface area contributed by atoms with Crippen molar-refractivity contribution in [3.8, 4) is 11.1 Å². The molecule has 2 aromatic heterocycles. The normalized spacial score (nSPS) is 11.0. The fourth-order valence-electron chi connectivity index (χ4n) is 6.87. The molecule has 0 aliphatic heterocycles. The van der Waals surface area contributed by atoms with E-state index in [0.717, 1.165) is 56.5 Å². The molecule has 62 heavy (non-hydrogen) atoms. The lowest BCUT2D eigenvalue weighted by Gasteiger charge is -2.19. The van der Waals surface area contributed by atoms with Crippen molar-refractivity contribution in [1.29, 1.82) is 0 Å². The summed E-state index contributed by atoms with van der Waals surface area (Å²) in [5.74, 6) is 0.0939. The Hall–Kier alpha value is -5.42. The van der Waals surface area contributed by atoms with Gasteiger partial charge in [0, 0.05) is 53.5 Å². The monoisotopic (exact) mass is 896 g/mol. The van der Waals surface area contributed by atoms with E-state index < -0.39 is 7.12 Å². The predicted octanol–water partition coefficient (Wildman–Crippen LogP) is 10.9. The Morgan fingerprint density at radius 3 is 1.26 bits per heavy atom. The van der Waals surface area contributed by atoms with Gasteiger partial charge >= 0.3 is 7.12 Å². The maximum Gasteiger partial charge on any atom is 0.488 e. The van der Waals surface area contributed by atoms with E-state index in [0.29, 0.717) is 18.3 Å². The number of hydrogen-bond donors (Lipinski definition) is 4. The Kier molecular flexibility index (Phi) is 18.0. The van der Waals surface area contributed by atoms with E-state index in [-0.39, 0.29) is 22.6 Å². The van der Waals surface area contributed by atoms with Crippen molar-refractivity contribution in [3.05, 3.63) is 171 Å². The van der Waals surface area contributed by atoms with Crippen LogP contribution < -0.4 is 16.1 Å². The molecule has 324 valence electrons. The standard InChI is InChI=1S/C26H30N2O.C21H26BrNO.C5H6BNO2/c1-18-16-23(17-19(2)25(18)21-12-14-27-15-13-21)28-24(29)11-8-20-6-9-22(10-7-20)26(3,4)5;1-14-12-18(13-15(2)20(14)22)23-19(24)11-8-16-6-9-17(10-7-16)21(3,4)5;8-6(9)5-1-3-7-4-2-5/h6-7,9-10,12-17H,8,11H2,1-5H3,(H,28,29);6-7,9-10,12-13H,8,11H2,1-5H3,(H,23,24);1-4,8-9H. The van der Waals surface area contributed by atoms with Gasteiger partial charge in [-0.1, -0.05) is 106 Å². The Morgan fingerprint density at radius 1 is 0.565 bits per heavy atom. The fourth-order valence-corrected chi connectivity index (χ4v) is 7.10. The summed E-state index contributed by atoms with van der Waals surface area (Å²) in [6, 6.07) is 32.4. The number of amides is 2. The third kappa shape index (κ3) is 15.5. The molecule has 8 nitrogen and oxygen atoms in total. The van der Waals surface area contributed by atoms with Crippen LogP contribution in [0.1, 0.15) is 98.9 Å². The lowest BCUT2D eigenvalue weighted by atomic mass is 9.81. The van der Waals surface area contributed by atoms with Crippen molar-refractivity contribution < 1.29 is 19.6 Å². The molecule has 10 heteroatoms. The Labute approximate surface area is 378 Å². The zero-order valence-corrected chi connectivity index (χ0v) is 39.5.